The third-order valence-electron chi connectivity index (χ3n) is 22.4. The van der Waals surface area contributed by atoms with Crippen LogP contribution in [0.15, 0.2) is 431 Å². The van der Waals surface area contributed by atoms with Crippen LogP contribution in [0.3, 0.4) is 0 Å². The van der Waals surface area contributed by atoms with Crippen LogP contribution in [0.5, 0.6) is 0 Å². The van der Waals surface area contributed by atoms with Gasteiger partial charge in [-0.15, -0.1) is 0 Å². The van der Waals surface area contributed by atoms with E-state index in [9.17, 15) is 0 Å². The Labute approximate surface area is 691 Å². The van der Waals surface area contributed by atoms with Crippen molar-refractivity contribution in [3.05, 3.63) is 481 Å². The number of fused-ring (bicyclic) bond motifs is 12. The molecule has 0 heteroatoms. The SMILES string of the molecule is Cc1ccc(-c2ccc3c(ccc4ccccc43)c2)cc1.Cc1ccc(-c2ccc3ccccc3c2)cc1.Cc1ccc(-c2cccc3c2ccc2ccccc23)cc1.Cc1ccc(-c2cccc3ccccc23)cc1.Cc1ccc(-c2ccccc2)cc1.Cc1ccc2c(c1)c(C)cc1ccccc12.Cc1ccc2ccccc2c1C. The highest BCUT2D eigenvalue weighted by molar-refractivity contribution is 6.13. The van der Waals surface area contributed by atoms with E-state index in [0.29, 0.717) is 0 Å². The lowest BCUT2D eigenvalue weighted by Crippen LogP contribution is -1.83. The molecule has 0 spiro atoms. The highest BCUT2D eigenvalue weighted by Crippen LogP contribution is 2.36. The summed E-state index contributed by atoms with van der Waals surface area (Å²) in [5, 5.41) is 23.8. The molecule has 0 nitrogen and oxygen atoms in total. The Morgan fingerprint density at radius 2 is 0.410 bits per heavy atom. The predicted octanol–water partition coefficient (Wildman–Crippen LogP) is 33.3. The number of benzene rings is 21. The first kappa shape index (κ1) is 78.2. The Kier molecular flexibility index (Phi) is 24.6. The van der Waals surface area contributed by atoms with Crippen LogP contribution in [0.4, 0.5) is 0 Å². The maximum Gasteiger partial charge on any atom is -0.00990 e. The Morgan fingerprint density at radius 3 is 0.966 bits per heavy atom. The van der Waals surface area contributed by atoms with E-state index in [0.717, 1.165) is 0 Å². The minimum Gasteiger partial charge on any atom is -0.0622 e. The van der Waals surface area contributed by atoms with Gasteiger partial charge < -0.3 is 0 Å². The van der Waals surface area contributed by atoms with Crippen molar-refractivity contribution in [3.8, 4) is 55.6 Å². The maximum absolute atomic E-state index is 2.28. The van der Waals surface area contributed by atoms with Crippen molar-refractivity contribution in [2.75, 3.05) is 0 Å². The van der Waals surface area contributed by atoms with Crippen LogP contribution in [-0.4, -0.2) is 0 Å². The van der Waals surface area contributed by atoms with E-state index < -0.39 is 0 Å². The van der Waals surface area contributed by atoms with Crippen molar-refractivity contribution < 1.29 is 0 Å². The Hall–Kier alpha value is -14.0. The average molecular weight is 1500 g/mol. The van der Waals surface area contributed by atoms with Gasteiger partial charge in [0.05, 0.1) is 0 Å². The van der Waals surface area contributed by atoms with Crippen molar-refractivity contribution in [2.45, 2.75) is 62.3 Å². The van der Waals surface area contributed by atoms with Gasteiger partial charge in [-0.2, -0.15) is 0 Å². The van der Waals surface area contributed by atoms with Crippen molar-refractivity contribution in [1.82, 2.24) is 0 Å². The van der Waals surface area contributed by atoms with E-state index in [4.69, 9.17) is 0 Å². The Balaban J connectivity index is 0.000000108. The van der Waals surface area contributed by atoms with E-state index in [1.54, 1.807) is 0 Å². The molecular formula is C117H98. The molecular weight excluding hydrogens is 1410 g/mol. The van der Waals surface area contributed by atoms with Crippen molar-refractivity contribution in [3.63, 3.8) is 0 Å². The molecule has 0 atom stereocenters. The number of hydrogen-bond acceptors (Lipinski definition) is 0. The van der Waals surface area contributed by atoms with Gasteiger partial charge in [0.2, 0.25) is 0 Å². The van der Waals surface area contributed by atoms with Crippen LogP contribution in [0.1, 0.15) is 50.1 Å². The molecule has 0 heterocycles. The maximum atomic E-state index is 2.28. The second kappa shape index (κ2) is 36.8. The summed E-state index contributed by atoms with van der Waals surface area (Å²) >= 11 is 0. The zero-order valence-electron chi connectivity index (χ0n) is 68.5. The summed E-state index contributed by atoms with van der Waals surface area (Å²) in [6, 6.07) is 154. The molecule has 0 aliphatic rings. The van der Waals surface area contributed by atoms with Crippen molar-refractivity contribution >= 4 is 97.0 Å². The Bertz CT molecular complexity index is 6960. The molecule has 0 saturated carbocycles. The zero-order valence-corrected chi connectivity index (χ0v) is 68.5. The molecule has 0 aliphatic heterocycles. The summed E-state index contributed by atoms with van der Waals surface area (Å²) < 4.78 is 0. The van der Waals surface area contributed by atoms with Crippen molar-refractivity contribution in [1.29, 1.82) is 0 Å². The van der Waals surface area contributed by atoms with Crippen LogP contribution >= 0.6 is 0 Å². The predicted molar refractivity (Wildman–Crippen MR) is 512 cm³/mol. The molecule has 0 bridgehead atoms. The molecule has 0 unspecified atom stereocenters. The number of rotatable bonds is 5. The minimum absolute atomic E-state index is 1.27. The third-order valence-corrected chi connectivity index (χ3v) is 22.4. The van der Waals surface area contributed by atoms with E-state index in [1.807, 2.05) is 6.07 Å². The fraction of sp³-hybridized carbons (Fsp3) is 0.0769. The van der Waals surface area contributed by atoms with Crippen LogP contribution in [0.25, 0.3) is 153 Å². The summed E-state index contributed by atoms with van der Waals surface area (Å²) in [6.45, 7) is 19.3. The van der Waals surface area contributed by atoms with E-state index in [2.05, 4.69) is 487 Å². The van der Waals surface area contributed by atoms with Gasteiger partial charge >= 0.3 is 0 Å². The molecule has 0 aromatic heterocycles. The van der Waals surface area contributed by atoms with Crippen LogP contribution in [0, 0.1) is 62.3 Å². The van der Waals surface area contributed by atoms with Gasteiger partial charge in [0.25, 0.3) is 0 Å². The lowest BCUT2D eigenvalue weighted by molar-refractivity contribution is 1.38. The number of hydrogen-bond donors (Lipinski definition) is 0. The molecule has 0 radical (unpaired) electrons. The molecule has 0 aliphatic carbocycles. The van der Waals surface area contributed by atoms with E-state index >= 15 is 0 Å². The molecule has 0 amide bonds. The molecule has 566 valence electrons. The highest BCUT2D eigenvalue weighted by atomic mass is 14.1. The van der Waals surface area contributed by atoms with Gasteiger partial charge in [0.15, 0.2) is 0 Å². The van der Waals surface area contributed by atoms with Gasteiger partial charge in [0, 0.05) is 0 Å². The molecule has 0 saturated heterocycles. The second-order valence-electron chi connectivity index (χ2n) is 30.9. The molecule has 21 aromatic rings. The second-order valence-corrected chi connectivity index (χ2v) is 30.9. The topological polar surface area (TPSA) is 0 Å². The van der Waals surface area contributed by atoms with Crippen LogP contribution < -0.4 is 0 Å². The monoisotopic (exact) mass is 1500 g/mol. The smallest absolute Gasteiger partial charge is 0.00990 e. The van der Waals surface area contributed by atoms with Gasteiger partial charge in [-0.05, 0) is 244 Å². The average Bonchev–Trinajstić information content (AvgIpc) is 0.794. The van der Waals surface area contributed by atoms with E-state index in [-0.39, 0.29) is 0 Å². The summed E-state index contributed by atoms with van der Waals surface area (Å²) in [5.41, 5.74) is 24.8. The fourth-order valence-electron chi connectivity index (χ4n) is 15.6. The summed E-state index contributed by atoms with van der Waals surface area (Å²) in [6.07, 6.45) is 0. The van der Waals surface area contributed by atoms with Crippen LogP contribution in [0.2, 0.25) is 0 Å². The first-order valence-electron chi connectivity index (χ1n) is 40.7. The molecule has 0 N–H and O–H groups in total. The molecule has 0 fully saturated rings. The normalized spacial score (nSPS) is 10.8. The molecule has 117 heavy (non-hydrogen) atoms. The largest absolute Gasteiger partial charge is 0.0622 e. The van der Waals surface area contributed by atoms with Crippen molar-refractivity contribution in [2.24, 2.45) is 0 Å². The quantitative estimate of drug-likeness (QED) is 0.151. The Morgan fingerprint density at radius 1 is 0.120 bits per heavy atom. The van der Waals surface area contributed by atoms with Gasteiger partial charge in [-0.1, -0.05) is 452 Å². The lowest BCUT2D eigenvalue weighted by atomic mass is 9.94. The first-order valence-corrected chi connectivity index (χ1v) is 40.7. The zero-order chi connectivity index (χ0) is 80.6. The summed E-state index contributed by atoms with van der Waals surface area (Å²) in [5.74, 6) is 0. The molecule has 21 aromatic carbocycles. The summed E-state index contributed by atoms with van der Waals surface area (Å²) in [7, 11) is 0. The highest BCUT2D eigenvalue weighted by Gasteiger charge is 2.10. The third kappa shape index (κ3) is 18.9. The van der Waals surface area contributed by atoms with Gasteiger partial charge in [-0.25, -0.2) is 0 Å². The van der Waals surface area contributed by atoms with Crippen LogP contribution in [-0.2, 0) is 0 Å². The lowest BCUT2D eigenvalue weighted by Gasteiger charge is -2.10. The first-order chi connectivity index (χ1) is 57.2. The van der Waals surface area contributed by atoms with Gasteiger partial charge in [-0.3, -0.25) is 0 Å². The van der Waals surface area contributed by atoms with Gasteiger partial charge in [0.1, 0.15) is 0 Å². The minimum atomic E-state index is 1.27. The molecule has 21 rings (SSSR count). The summed E-state index contributed by atoms with van der Waals surface area (Å²) in [4.78, 5) is 0. The fourth-order valence-corrected chi connectivity index (χ4v) is 15.6. The number of aryl methyl sites for hydroxylation is 9. The standard InChI is InChI=1S/2C21H16.2C17H14.C16H14.C13H12.C12H12/c1-15-9-11-17(12-10-15)19-7-4-8-20-18-6-3-2-5-16(18)13-14-21(19)20;1-15-6-8-16(9-7-15)18-12-13-21-19(14-18)11-10-17-4-2-3-5-20(17)21;1-13-9-11-15(12-10-13)17-8-4-6-14-5-2-3-7-16(14)17;1-13-6-8-15(9-7-13)17-11-10-14-4-2-3-5-16(14)12-17;1-11-7-8-15-14-6-4-3-5-13(14)10-12(2)16(15)9-11;1-11-7-9-13(10-8-11)12-5-3-2-4-6-12;1-9-7-8-11-5-3-4-6-12(11)10(9)2/h2*2-14H,1H3;2*2-12H,1H3;3-10H,1-2H3;2-10H,1H3;3-8H,1-2H3. The van der Waals surface area contributed by atoms with E-state index in [1.165, 1.54) is 203 Å².